The van der Waals surface area contributed by atoms with Crippen LogP contribution in [0, 0.1) is 17.8 Å². The molecule has 1 aliphatic heterocycles. The molecular weight excluding hydrogens is 803 g/mol. The van der Waals surface area contributed by atoms with Crippen molar-refractivity contribution in [3.8, 4) is 5.75 Å². The number of aromatic hydroxyl groups is 1. The molecule has 0 aliphatic carbocycles. The number of carbonyl (C=O) groups excluding carboxylic acids is 6. The third-order valence-corrected chi connectivity index (χ3v) is 11.0. The molecule has 18 nitrogen and oxygen atoms in total. The summed E-state index contributed by atoms with van der Waals surface area (Å²) in [4.78, 5) is 106. The molecule has 4 atom stereocenters. The molecule has 8 N–H and O–H groups in total. The fourth-order valence-corrected chi connectivity index (χ4v) is 7.19. The van der Waals surface area contributed by atoms with Crippen molar-refractivity contribution in [2.45, 2.75) is 78.4 Å². The van der Waals surface area contributed by atoms with E-state index >= 15 is 0 Å². The third-order valence-electron chi connectivity index (χ3n) is 11.0. The van der Waals surface area contributed by atoms with Crippen LogP contribution < -0.4 is 21.7 Å². The minimum absolute atomic E-state index is 0.0130. The molecule has 0 spiro atoms. The second kappa shape index (κ2) is 25.9. The van der Waals surface area contributed by atoms with Gasteiger partial charge in [0, 0.05) is 83.5 Å². The number of primary amides is 1. The topological polar surface area (TPSA) is 269 Å². The molecule has 4 amide bonds. The van der Waals surface area contributed by atoms with E-state index < -0.39 is 53.3 Å². The average molecular weight is 866 g/mol. The van der Waals surface area contributed by atoms with Gasteiger partial charge in [0.2, 0.25) is 23.6 Å². The quantitative estimate of drug-likeness (QED) is 0.0732. The standard InChI is InChI=1S/C44H63N7O11/c1-4-29(2)42(48-44(62)35(21-30(3)52)22-31-9-12-36(53)13-10-31)37(54)23-34(11-14-38(45)55)43(61)47-25-33-7-5-32(6-8-33)24-46-39(56)26-49-15-17-50(27-40(57)58)19-20-51(18-16-49)28-41(59)60/h5-10,12-13,29,34-35,42,53H,4,11,14-28H2,1-3H3,(H2,45,55)(H,46,56)(H,47,61)(H,48,62)(H,57,58)(H,59,60)/t29?,34-,35+,42+/m1/s1. The Morgan fingerprint density at radius 3 is 1.63 bits per heavy atom. The number of carboxylic acids is 2. The summed E-state index contributed by atoms with van der Waals surface area (Å²) in [5.74, 6) is -6.34. The number of amides is 4. The number of carboxylic acid groups (broad SMARTS) is 2. The number of phenols is 1. The summed E-state index contributed by atoms with van der Waals surface area (Å²) in [6.45, 7) is 7.52. The summed E-state index contributed by atoms with van der Waals surface area (Å²) in [5.41, 5.74) is 7.67. The molecule has 0 saturated carbocycles. The number of benzene rings is 2. The highest BCUT2D eigenvalue weighted by Gasteiger charge is 2.33. The summed E-state index contributed by atoms with van der Waals surface area (Å²) in [5, 5.41) is 36.8. The van der Waals surface area contributed by atoms with Gasteiger partial charge in [-0.1, -0.05) is 56.7 Å². The van der Waals surface area contributed by atoms with Crippen LogP contribution in [0.15, 0.2) is 48.5 Å². The number of nitrogens with one attached hydrogen (secondary N) is 3. The second-order valence-corrected chi connectivity index (χ2v) is 16.1. The molecule has 2 aromatic rings. The number of nitrogens with two attached hydrogens (primary N) is 1. The van der Waals surface area contributed by atoms with E-state index in [-0.39, 0.29) is 88.2 Å². The fraction of sp³-hybridized carbons (Fsp3) is 0.545. The first-order valence-corrected chi connectivity index (χ1v) is 21.0. The Balaban J connectivity index is 1.59. The Kier molecular flexibility index (Phi) is 21.2. The van der Waals surface area contributed by atoms with Crippen LogP contribution in [0.25, 0.3) is 0 Å². The van der Waals surface area contributed by atoms with E-state index in [4.69, 9.17) is 5.73 Å². The molecule has 0 radical (unpaired) electrons. The van der Waals surface area contributed by atoms with Crippen molar-refractivity contribution in [2.24, 2.45) is 23.5 Å². The van der Waals surface area contributed by atoms with E-state index in [1.54, 1.807) is 46.2 Å². The molecule has 2 aromatic carbocycles. The molecule has 340 valence electrons. The highest BCUT2D eigenvalue weighted by molar-refractivity contribution is 5.94. The fourth-order valence-electron chi connectivity index (χ4n) is 7.19. The molecule has 1 unspecified atom stereocenters. The van der Waals surface area contributed by atoms with E-state index in [9.17, 15) is 53.7 Å². The normalized spacial score (nSPS) is 16.0. The zero-order valence-corrected chi connectivity index (χ0v) is 36.0. The van der Waals surface area contributed by atoms with Gasteiger partial charge in [-0.25, -0.2) is 0 Å². The van der Waals surface area contributed by atoms with Gasteiger partial charge in [-0.3, -0.25) is 48.3 Å². The first-order valence-electron chi connectivity index (χ1n) is 21.0. The highest BCUT2D eigenvalue weighted by atomic mass is 16.4. The smallest absolute Gasteiger partial charge is 0.317 e. The molecule has 1 saturated heterocycles. The summed E-state index contributed by atoms with van der Waals surface area (Å²) >= 11 is 0. The number of nitrogens with zero attached hydrogens (tertiary/aromatic N) is 3. The van der Waals surface area contributed by atoms with Gasteiger partial charge in [-0.05, 0) is 54.5 Å². The van der Waals surface area contributed by atoms with E-state index in [0.717, 1.165) is 16.7 Å². The van der Waals surface area contributed by atoms with Crippen LogP contribution in [-0.4, -0.2) is 142 Å². The van der Waals surface area contributed by atoms with Gasteiger partial charge in [0.05, 0.1) is 25.7 Å². The maximum atomic E-state index is 13.9. The van der Waals surface area contributed by atoms with E-state index in [1.165, 1.54) is 19.1 Å². The first-order chi connectivity index (χ1) is 29.4. The van der Waals surface area contributed by atoms with E-state index in [2.05, 4.69) is 16.0 Å². The van der Waals surface area contributed by atoms with Gasteiger partial charge in [-0.15, -0.1) is 0 Å². The Labute approximate surface area is 362 Å². The highest BCUT2D eigenvalue weighted by Crippen LogP contribution is 2.21. The van der Waals surface area contributed by atoms with Gasteiger partial charge < -0.3 is 41.8 Å². The lowest BCUT2D eigenvalue weighted by Gasteiger charge is -2.27. The number of rotatable bonds is 25. The van der Waals surface area contributed by atoms with Gasteiger partial charge in [0.15, 0.2) is 5.78 Å². The zero-order valence-electron chi connectivity index (χ0n) is 36.0. The van der Waals surface area contributed by atoms with E-state index in [1.807, 2.05) is 18.7 Å². The predicted molar refractivity (Wildman–Crippen MR) is 228 cm³/mol. The second-order valence-electron chi connectivity index (χ2n) is 16.1. The predicted octanol–water partition coefficient (Wildman–Crippen LogP) is 0.923. The zero-order chi connectivity index (χ0) is 45.8. The lowest BCUT2D eigenvalue weighted by atomic mass is 9.86. The van der Waals surface area contributed by atoms with Crippen molar-refractivity contribution in [3.63, 3.8) is 0 Å². The van der Waals surface area contributed by atoms with Crippen LogP contribution in [0.4, 0.5) is 0 Å². The van der Waals surface area contributed by atoms with E-state index in [0.29, 0.717) is 45.7 Å². The monoisotopic (exact) mass is 865 g/mol. The Hall–Kier alpha value is -5.72. The number of Topliss-reactive ketones (excluding diaryl/α,β-unsaturated/α-hetero) is 2. The molecule has 18 heteroatoms. The number of ketones is 2. The van der Waals surface area contributed by atoms with Crippen molar-refractivity contribution in [1.29, 1.82) is 0 Å². The van der Waals surface area contributed by atoms with Crippen molar-refractivity contribution in [1.82, 2.24) is 30.7 Å². The molecule has 1 heterocycles. The largest absolute Gasteiger partial charge is 0.508 e. The number of aliphatic carboxylic acids is 2. The maximum Gasteiger partial charge on any atom is 0.317 e. The average Bonchev–Trinajstić information content (AvgIpc) is 3.30. The molecule has 1 aliphatic rings. The summed E-state index contributed by atoms with van der Waals surface area (Å²) in [6, 6.07) is 12.5. The minimum Gasteiger partial charge on any atom is -0.508 e. The molecule has 62 heavy (non-hydrogen) atoms. The van der Waals surface area contributed by atoms with Crippen LogP contribution >= 0.6 is 0 Å². The summed E-state index contributed by atoms with van der Waals surface area (Å²) in [6.07, 6.45) is 0.304. The summed E-state index contributed by atoms with van der Waals surface area (Å²) < 4.78 is 0. The van der Waals surface area contributed by atoms with Gasteiger partial charge in [-0.2, -0.15) is 0 Å². The number of carbonyl (C=O) groups is 8. The van der Waals surface area contributed by atoms with Crippen LogP contribution in [0.3, 0.4) is 0 Å². The number of hydrogen-bond donors (Lipinski definition) is 7. The third kappa shape index (κ3) is 18.9. The number of hydrogen-bond acceptors (Lipinski definition) is 12. The molecule has 0 bridgehead atoms. The van der Waals surface area contributed by atoms with Gasteiger partial charge >= 0.3 is 11.9 Å². The summed E-state index contributed by atoms with van der Waals surface area (Å²) in [7, 11) is 0. The molecular formula is C44H63N7O11. The van der Waals surface area contributed by atoms with Crippen LogP contribution in [0.5, 0.6) is 5.75 Å². The molecule has 0 aromatic heterocycles. The van der Waals surface area contributed by atoms with Crippen LogP contribution in [0.2, 0.25) is 0 Å². The minimum atomic E-state index is -0.987. The first kappa shape index (κ1) is 50.6. The van der Waals surface area contributed by atoms with Crippen molar-refractivity contribution in [3.05, 3.63) is 65.2 Å². The van der Waals surface area contributed by atoms with Crippen molar-refractivity contribution in [2.75, 3.05) is 58.9 Å². The number of phenolic OH excluding ortho intramolecular Hbond substituents is 1. The molecule has 1 fully saturated rings. The van der Waals surface area contributed by atoms with Gasteiger partial charge in [0.25, 0.3) is 0 Å². The van der Waals surface area contributed by atoms with Crippen molar-refractivity contribution < 1.29 is 53.7 Å². The molecule has 3 rings (SSSR count). The Morgan fingerprint density at radius 1 is 0.677 bits per heavy atom. The van der Waals surface area contributed by atoms with Crippen LogP contribution in [-0.2, 0) is 57.9 Å². The van der Waals surface area contributed by atoms with Crippen molar-refractivity contribution >= 4 is 47.1 Å². The maximum absolute atomic E-state index is 13.9. The van der Waals surface area contributed by atoms with Crippen LogP contribution in [0.1, 0.15) is 69.6 Å². The lowest BCUT2D eigenvalue weighted by Crippen LogP contribution is -2.49. The Bertz CT molecular complexity index is 1810. The van der Waals surface area contributed by atoms with Gasteiger partial charge in [0.1, 0.15) is 11.5 Å². The SMILES string of the molecule is CCC(C)[C@H](NC(=O)[C@@H](CC(C)=O)Cc1ccc(O)cc1)C(=O)C[C@@H](CCC(N)=O)C(=O)NCc1ccc(CNC(=O)CN2CCN(CC(=O)O)CCN(CC(=O)O)CC2)cc1. The Morgan fingerprint density at radius 2 is 1.16 bits per heavy atom. The lowest BCUT2D eigenvalue weighted by molar-refractivity contribution is -0.140.